The monoisotopic (exact) mass is 524 g/mol. The molecule has 2 saturated heterocycles. The molecule has 0 aromatic carbocycles. The average molecular weight is 526 g/mol. The molecule has 1 spiro atoms. The van der Waals surface area contributed by atoms with Gasteiger partial charge in [0.15, 0.2) is 11.6 Å². The summed E-state index contributed by atoms with van der Waals surface area (Å²) in [5.74, 6) is 1.05. The minimum absolute atomic E-state index is 0.0309. The summed E-state index contributed by atoms with van der Waals surface area (Å²) in [5.41, 5.74) is -0.571. The van der Waals surface area contributed by atoms with E-state index in [9.17, 15) is 15.0 Å². The number of carbonyl (C=O) groups is 1. The molecule has 0 aromatic heterocycles. The molecule has 0 radical (unpaired) electrons. The average Bonchev–Trinajstić information content (AvgIpc) is 3.22. The lowest BCUT2D eigenvalue weighted by Crippen LogP contribution is -2.64. The van der Waals surface area contributed by atoms with Crippen LogP contribution in [0.4, 0.5) is 0 Å². The molecule has 4 saturated carbocycles. The minimum Gasteiger partial charge on any atom is -0.393 e. The molecule has 4 aliphatic carbocycles. The quantitative estimate of drug-likeness (QED) is 0.461. The van der Waals surface area contributed by atoms with Crippen molar-refractivity contribution < 1.29 is 24.5 Å². The van der Waals surface area contributed by atoms with E-state index in [1.54, 1.807) is 0 Å². The van der Waals surface area contributed by atoms with Crippen LogP contribution in [0.1, 0.15) is 72.6 Å². The van der Waals surface area contributed by atoms with Crippen LogP contribution in [0.5, 0.6) is 0 Å². The molecule has 0 amide bonds. The first-order valence-electron chi connectivity index (χ1n) is 13.4. The van der Waals surface area contributed by atoms with E-state index in [2.05, 4.69) is 43.6 Å². The zero-order valence-corrected chi connectivity index (χ0v) is 22.1. The number of hydrogen-bond acceptors (Lipinski definition) is 5. The van der Waals surface area contributed by atoms with Crippen LogP contribution >= 0.6 is 15.9 Å². The topological polar surface area (TPSA) is 76.0 Å². The molecule has 186 valence electrons. The van der Waals surface area contributed by atoms with Crippen molar-refractivity contribution in [1.82, 2.24) is 0 Å². The second kappa shape index (κ2) is 7.50. The molecule has 0 unspecified atom stereocenters. The highest BCUT2D eigenvalue weighted by Gasteiger charge is 2.74. The van der Waals surface area contributed by atoms with E-state index in [0.717, 1.165) is 44.9 Å². The second-order valence-electron chi connectivity index (χ2n) is 13.2. The summed E-state index contributed by atoms with van der Waals surface area (Å²) in [6.45, 7) is 9.61. The highest BCUT2D eigenvalue weighted by molar-refractivity contribution is 9.09. The largest absolute Gasteiger partial charge is 0.393 e. The number of carbonyl (C=O) groups excluding carboxylic acids is 1. The van der Waals surface area contributed by atoms with E-state index in [0.29, 0.717) is 30.3 Å². The molecule has 14 atom stereocenters. The molecule has 2 N–H and O–H groups in total. The van der Waals surface area contributed by atoms with Crippen LogP contribution in [0.2, 0.25) is 0 Å². The van der Waals surface area contributed by atoms with Crippen LogP contribution in [0, 0.1) is 52.3 Å². The van der Waals surface area contributed by atoms with E-state index in [1.807, 2.05) is 0 Å². The molecule has 6 rings (SSSR count). The molecular weight excluding hydrogens is 484 g/mol. The fraction of sp³-hybridized carbons (Fsp3) is 0.963. The Kier molecular flexibility index (Phi) is 5.32. The van der Waals surface area contributed by atoms with Gasteiger partial charge >= 0.3 is 0 Å². The molecule has 0 bridgehead atoms. The summed E-state index contributed by atoms with van der Waals surface area (Å²) >= 11 is 3.90. The first-order chi connectivity index (χ1) is 15.5. The summed E-state index contributed by atoms with van der Waals surface area (Å²) in [6, 6.07) is 0. The number of rotatable bonds is 0. The Morgan fingerprint density at radius 3 is 2.55 bits per heavy atom. The van der Waals surface area contributed by atoms with Crippen molar-refractivity contribution in [2.24, 2.45) is 52.3 Å². The van der Waals surface area contributed by atoms with Crippen LogP contribution in [0.15, 0.2) is 0 Å². The van der Waals surface area contributed by atoms with Gasteiger partial charge in [0.1, 0.15) is 6.10 Å². The predicted octanol–water partition coefficient (Wildman–Crippen LogP) is 4.32. The third-order valence-corrected chi connectivity index (χ3v) is 12.7. The van der Waals surface area contributed by atoms with Gasteiger partial charge < -0.3 is 19.7 Å². The van der Waals surface area contributed by atoms with Gasteiger partial charge in [-0.25, -0.2) is 0 Å². The van der Waals surface area contributed by atoms with Crippen LogP contribution in [-0.2, 0) is 14.3 Å². The van der Waals surface area contributed by atoms with Crippen molar-refractivity contribution in [3.05, 3.63) is 0 Å². The van der Waals surface area contributed by atoms with Crippen molar-refractivity contribution in [3.8, 4) is 0 Å². The number of fused-ring (bicyclic) bond motifs is 7. The Morgan fingerprint density at radius 2 is 1.82 bits per heavy atom. The minimum atomic E-state index is -0.946. The van der Waals surface area contributed by atoms with E-state index >= 15 is 0 Å². The summed E-state index contributed by atoms with van der Waals surface area (Å²) < 4.78 is 13.3. The number of halogens is 1. The second-order valence-corrected chi connectivity index (χ2v) is 14.3. The van der Waals surface area contributed by atoms with Gasteiger partial charge in [0.25, 0.3) is 0 Å². The number of Topliss-reactive ketones (excluding diaryl/α,β-unsaturated/α-hetero) is 1. The third-order valence-electron chi connectivity index (χ3n) is 11.7. The van der Waals surface area contributed by atoms with Crippen LogP contribution in [0.3, 0.4) is 0 Å². The normalized spacial score (nSPS) is 62.5. The van der Waals surface area contributed by atoms with Crippen molar-refractivity contribution >= 4 is 21.7 Å². The summed E-state index contributed by atoms with van der Waals surface area (Å²) in [5, 5.41) is 22.1. The van der Waals surface area contributed by atoms with Gasteiger partial charge in [-0.2, -0.15) is 0 Å². The number of ketones is 1. The number of aliphatic hydroxyl groups is 2. The number of aliphatic hydroxyl groups excluding tert-OH is 2. The molecule has 2 heterocycles. The Morgan fingerprint density at radius 1 is 1.06 bits per heavy atom. The lowest BCUT2D eigenvalue weighted by molar-refractivity contribution is -0.268. The summed E-state index contributed by atoms with van der Waals surface area (Å²) in [4.78, 5) is 14.2. The van der Waals surface area contributed by atoms with Crippen molar-refractivity contribution in [2.45, 2.75) is 102 Å². The molecular formula is C27H41BrO5. The van der Waals surface area contributed by atoms with E-state index in [4.69, 9.17) is 9.47 Å². The Bertz CT molecular complexity index is 835. The number of hydrogen-bond donors (Lipinski definition) is 2. The fourth-order valence-corrected chi connectivity index (χ4v) is 11.4. The summed E-state index contributed by atoms with van der Waals surface area (Å²) in [7, 11) is 0. The van der Waals surface area contributed by atoms with Crippen molar-refractivity contribution in [1.29, 1.82) is 0 Å². The maximum absolute atomic E-state index is 14.0. The standard InChI is InChI=1S/C27H41BrO5/c1-13-9-20(28)27(32-12-13)14(2)21-19(33-27)11-18-17-6-5-15-10-16(29)7-8-25(15,3)22(17)23(30)24(31)26(18,21)4/h13-22,24,29,31H,5-12H2,1-4H3/t13-,14+,15-,16-,17-,18-,19-,20+,21-,22+,24+,25-,26-,27-/m0/s1. The van der Waals surface area contributed by atoms with Crippen LogP contribution < -0.4 is 0 Å². The molecule has 2 aliphatic heterocycles. The number of alkyl halides is 1. The zero-order chi connectivity index (χ0) is 23.5. The van der Waals surface area contributed by atoms with Gasteiger partial charge in [-0.05, 0) is 74.0 Å². The lowest BCUT2D eigenvalue weighted by atomic mass is 9.43. The Balaban J connectivity index is 1.34. The Labute approximate surface area is 206 Å². The van der Waals surface area contributed by atoms with Gasteiger partial charge in [-0.3, -0.25) is 4.79 Å². The third kappa shape index (κ3) is 2.88. The van der Waals surface area contributed by atoms with Gasteiger partial charge in [-0.15, -0.1) is 0 Å². The van der Waals surface area contributed by atoms with E-state index in [-0.39, 0.29) is 46.0 Å². The maximum Gasteiger partial charge on any atom is 0.184 e. The molecule has 0 aromatic rings. The summed E-state index contributed by atoms with van der Waals surface area (Å²) in [6.07, 6.45) is 5.38. The maximum atomic E-state index is 14.0. The first-order valence-corrected chi connectivity index (χ1v) is 14.3. The molecule has 6 aliphatic rings. The number of ether oxygens (including phenoxy) is 2. The van der Waals surface area contributed by atoms with E-state index < -0.39 is 17.3 Å². The van der Waals surface area contributed by atoms with Crippen LogP contribution in [-0.4, -0.2) is 51.5 Å². The SMILES string of the molecule is C[C@@H]1CO[C@@]2(O[C@H]3C[C@H]4[C@@H]5CC[C@H]6C[C@@H](O)CC[C@]6(C)[C@H]5C(=O)[C@@H](O)[C@]4(C)[C@H]3[C@H]2C)[C@H](Br)C1. The Hall–Kier alpha value is -0.0100. The smallest absolute Gasteiger partial charge is 0.184 e. The van der Waals surface area contributed by atoms with Gasteiger partial charge in [-0.1, -0.05) is 43.6 Å². The molecule has 6 fully saturated rings. The van der Waals surface area contributed by atoms with Crippen molar-refractivity contribution in [2.75, 3.05) is 6.61 Å². The highest BCUT2D eigenvalue weighted by Crippen LogP contribution is 2.70. The predicted molar refractivity (Wildman–Crippen MR) is 128 cm³/mol. The van der Waals surface area contributed by atoms with Crippen molar-refractivity contribution in [3.63, 3.8) is 0 Å². The molecule has 33 heavy (non-hydrogen) atoms. The highest BCUT2D eigenvalue weighted by atomic mass is 79.9. The molecule has 5 nitrogen and oxygen atoms in total. The van der Waals surface area contributed by atoms with Crippen LogP contribution in [0.25, 0.3) is 0 Å². The lowest BCUT2D eigenvalue weighted by Gasteiger charge is -2.61. The first kappa shape index (κ1) is 23.4. The van der Waals surface area contributed by atoms with E-state index in [1.165, 1.54) is 0 Å². The van der Waals surface area contributed by atoms with Gasteiger partial charge in [0.05, 0.1) is 23.6 Å². The zero-order valence-electron chi connectivity index (χ0n) is 20.5. The van der Waals surface area contributed by atoms with Gasteiger partial charge in [0.2, 0.25) is 0 Å². The fourth-order valence-electron chi connectivity index (χ4n) is 10.1. The molecule has 6 heteroatoms. The van der Waals surface area contributed by atoms with Gasteiger partial charge in [0, 0.05) is 23.2 Å².